The van der Waals surface area contributed by atoms with E-state index in [-0.39, 0.29) is 11.6 Å². The molecule has 0 saturated carbocycles. The van der Waals surface area contributed by atoms with E-state index in [1.54, 1.807) is 0 Å². The van der Waals surface area contributed by atoms with Crippen LogP contribution in [0.3, 0.4) is 0 Å². The minimum atomic E-state index is -0.0315. The highest BCUT2D eigenvalue weighted by Crippen LogP contribution is 2.13. The van der Waals surface area contributed by atoms with Crippen molar-refractivity contribution in [1.82, 2.24) is 10.6 Å². The molecule has 0 aromatic rings. The molecule has 1 saturated heterocycles. The molecular formula is C7H14N2O. The Hall–Kier alpha value is -0.730. The molecule has 1 fully saturated rings. The Morgan fingerprint density at radius 3 is 2.80 bits per heavy atom. The molecule has 0 aromatic heterocycles. The van der Waals surface area contributed by atoms with E-state index in [0.29, 0.717) is 0 Å². The van der Waals surface area contributed by atoms with Crippen molar-refractivity contribution in [3.63, 3.8) is 0 Å². The quantitative estimate of drug-likeness (QED) is 0.590. The molecule has 0 spiro atoms. The largest absolute Gasteiger partial charge is 0.336 e. The summed E-state index contributed by atoms with van der Waals surface area (Å²) < 4.78 is 0. The topological polar surface area (TPSA) is 41.1 Å². The fourth-order valence-corrected chi connectivity index (χ4v) is 1.34. The molecule has 1 atom stereocenters. The van der Waals surface area contributed by atoms with Gasteiger partial charge in [0, 0.05) is 6.54 Å². The zero-order valence-electron chi connectivity index (χ0n) is 6.53. The van der Waals surface area contributed by atoms with Crippen LogP contribution in [0.1, 0.15) is 26.7 Å². The van der Waals surface area contributed by atoms with Crippen molar-refractivity contribution in [1.29, 1.82) is 0 Å². The van der Waals surface area contributed by atoms with Crippen LogP contribution in [0.15, 0.2) is 0 Å². The third-order valence-electron chi connectivity index (χ3n) is 1.86. The minimum Gasteiger partial charge on any atom is -0.336 e. The molecule has 0 radical (unpaired) electrons. The molecule has 1 aliphatic heterocycles. The molecule has 2 N–H and O–H groups in total. The summed E-state index contributed by atoms with van der Waals surface area (Å²) in [4.78, 5) is 10.7. The normalized spacial score (nSPS) is 31.6. The number of carbonyl (C=O) groups is 1. The van der Waals surface area contributed by atoms with Gasteiger partial charge in [0.15, 0.2) is 0 Å². The lowest BCUT2D eigenvalue weighted by atomic mass is 9.98. The van der Waals surface area contributed by atoms with Crippen LogP contribution < -0.4 is 10.6 Å². The summed E-state index contributed by atoms with van der Waals surface area (Å²) in [6.07, 6.45) is 2.16. The zero-order valence-corrected chi connectivity index (χ0v) is 6.53. The smallest absolute Gasteiger partial charge is 0.315 e. The fraction of sp³-hybridized carbons (Fsp3) is 0.857. The summed E-state index contributed by atoms with van der Waals surface area (Å²) in [7, 11) is 0. The molecule has 1 rings (SSSR count). The van der Waals surface area contributed by atoms with E-state index in [4.69, 9.17) is 0 Å². The lowest BCUT2D eigenvalue weighted by molar-refractivity contribution is 0.244. The van der Waals surface area contributed by atoms with Gasteiger partial charge in [-0.2, -0.15) is 0 Å². The first-order valence-corrected chi connectivity index (χ1v) is 3.72. The zero-order chi connectivity index (χ0) is 7.61. The second-order valence-electron chi connectivity index (χ2n) is 3.12. The third-order valence-corrected chi connectivity index (χ3v) is 1.86. The Morgan fingerprint density at radius 1 is 1.70 bits per heavy atom. The maximum atomic E-state index is 10.7. The first-order valence-electron chi connectivity index (χ1n) is 3.72. The number of hydrogen-bond acceptors (Lipinski definition) is 1. The molecule has 58 valence electrons. The summed E-state index contributed by atoms with van der Waals surface area (Å²) in [5.41, 5.74) is 0.00579. The monoisotopic (exact) mass is 142 g/mol. The van der Waals surface area contributed by atoms with Crippen molar-refractivity contribution < 1.29 is 4.79 Å². The first kappa shape index (κ1) is 7.38. The van der Waals surface area contributed by atoms with E-state index < -0.39 is 0 Å². The van der Waals surface area contributed by atoms with E-state index in [2.05, 4.69) is 24.5 Å². The minimum absolute atomic E-state index is 0.00579. The summed E-state index contributed by atoms with van der Waals surface area (Å²) in [6.45, 7) is 4.95. The standard InChI is InChI=1S/C7H14N2O/c1-3-4-7(2)5-8-6(10)9-7/h3-5H2,1-2H3,(H2,8,9,10). The van der Waals surface area contributed by atoms with Crippen LogP contribution in [0.2, 0.25) is 0 Å². The Balaban J connectivity index is 2.46. The van der Waals surface area contributed by atoms with Crippen LogP contribution in [0.25, 0.3) is 0 Å². The van der Waals surface area contributed by atoms with Gasteiger partial charge in [0.1, 0.15) is 0 Å². The molecule has 2 amide bonds. The molecule has 0 aliphatic carbocycles. The molecule has 3 nitrogen and oxygen atoms in total. The van der Waals surface area contributed by atoms with Crippen molar-refractivity contribution in [3.05, 3.63) is 0 Å². The second-order valence-corrected chi connectivity index (χ2v) is 3.12. The third kappa shape index (κ3) is 1.40. The van der Waals surface area contributed by atoms with Crippen molar-refractivity contribution in [2.75, 3.05) is 6.54 Å². The van der Waals surface area contributed by atoms with E-state index in [0.717, 1.165) is 19.4 Å². The van der Waals surface area contributed by atoms with Gasteiger partial charge in [0.2, 0.25) is 0 Å². The van der Waals surface area contributed by atoms with E-state index >= 15 is 0 Å². The Morgan fingerprint density at radius 2 is 2.40 bits per heavy atom. The van der Waals surface area contributed by atoms with Gasteiger partial charge in [-0.25, -0.2) is 4.79 Å². The molecule has 1 heterocycles. The van der Waals surface area contributed by atoms with Crippen LogP contribution in [0, 0.1) is 0 Å². The molecule has 1 aliphatic rings. The molecule has 0 bridgehead atoms. The number of amides is 2. The van der Waals surface area contributed by atoms with Crippen LogP contribution in [-0.4, -0.2) is 18.1 Å². The second kappa shape index (κ2) is 2.48. The lowest BCUT2D eigenvalue weighted by Crippen LogP contribution is -2.39. The number of hydrogen-bond donors (Lipinski definition) is 2. The average molecular weight is 142 g/mol. The van der Waals surface area contributed by atoms with Gasteiger partial charge in [-0.3, -0.25) is 0 Å². The van der Waals surface area contributed by atoms with E-state index in [1.807, 2.05) is 0 Å². The first-order chi connectivity index (χ1) is 4.66. The number of rotatable bonds is 2. The Kier molecular flexibility index (Phi) is 1.83. The van der Waals surface area contributed by atoms with Gasteiger partial charge in [0.25, 0.3) is 0 Å². The van der Waals surface area contributed by atoms with Crippen LogP contribution in [0.5, 0.6) is 0 Å². The fourth-order valence-electron chi connectivity index (χ4n) is 1.34. The lowest BCUT2D eigenvalue weighted by Gasteiger charge is -2.20. The van der Waals surface area contributed by atoms with Gasteiger partial charge in [0.05, 0.1) is 5.54 Å². The van der Waals surface area contributed by atoms with Crippen LogP contribution >= 0.6 is 0 Å². The molecule has 1 unspecified atom stereocenters. The highest BCUT2D eigenvalue weighted by atomic mass is 16.2. The average Bonchev–Trinajstić information content (AvgIpc) is 2.12. The predicted octanol–water partition coefficient (Wildman–Crippen LogP) is 0.858. The van der Waals surface area contributed by atoms with E-state index in [9.17, 15) is 4.79 Å². The van der Waals surface area contributed by atoms with Gasteiger partial charge >= 0.3 is 6.03 Å². The Bertz CT molecular complexity index is 147. The van der Waals surface area contributed by atoms with Crippen molar-refractivity contribution in [2.45, 2.75) is 32.2 Å². The SMILES string of the molecule is CCCC1(C)CNC(=O)N1. The van der Waals surface area contributed by atoms with Crippen LogP contribution in [-0.2, 0) is 0 Å². The molecule has 10 heavy (non-hydrogen) atoms. The highest BCUT2D eigenvalue weighted by molar-refractivity contribution is 5.77. The van der Waals surface area contributed by atoms with Gasteiger partial charge in [-0.15, -0.1) is 0 Å². The van der Waals surface area contributed by atoms with Gasteiger partial charge in [-0.1, -0.05) is 13.3 Å². The number of carbonyl (C=O) groups excluding carboxylic acids is 1. The van der Waals surface area contributed by atoms with Crippen LogP contribution in [0.4, 0.5) is 4.79 Å². The van der Waals surface area contributed by atoms with Gasteiger partial charge < -0.3 is 10.6 Å². The molecule has 3 heteroatoms. The summed E-state index contributed by atoms with van der Waals surface area (Å²) in [5.74, 6) is 0. The highest BCUT2D eigenvalue weighted by Gasteiger charge is 2.31. The number of nitrogens with one attached hydrogen (secondary N) is 2. The maximum absolute atomic E-state index is 10.7. The Labute approximate surface area is 61.2 Å². The summed E-state index contributed by atoms with van der Waals surface area (Å²) in [6, 6.07) is -0.0315. The van der Waals surface area contributed by atoms with Crippen molar-refractivity contribution >= 4 is 6.03 Å². The number of urea groups is 1. The van der Waals surface area contributed by atoms with Crippen molar-refractivity contribution in [2.24, 2.45) is 0 Å². The summed E-state index contributed by atoms with van der Waals surface area (Å²) >= 11 is 0. The predicted molar refractivity (Wildman–Crippen MR) is 39.8 cm³/mol. The molecular weight excluding hydrogens is 128 g/mol. The summed E-state index contributed by atoms with van der Waals surface area (Å²) in [5, 5.41) is 5.63. The van der Waals surface area contributed by atoms with Gasteiger partial charge in [-0.05, 0) is 13.3 Å². The molecule has 0 aromatic carbocycles. The van der Waals surface area contributed by atoms with E-state index in [1.165, 1.54) is 0 Å². The maximum Gasteiger partial charge on any atom is 0.315 e. The van der Waals surface area contributed by atoms with Crippen molar-refractivity contribution in [3.8, 4) is 0 Å².